The summed E-state index contributed by atoms with van der Waals surface area (Å²) in [4.78, 5) is 26.3. The second-order valence-electron chi connectivity index (χ2n) is 4.15. The lowest BCUT2D eigenvalue weighted by Gasteiger charge is -2.08. The number of halogens is 1. The monoisotopic (exact) mass is 350 g/mol. The van der Waals surface area contributed by atoms with Gasteiger partial charge in [0.05, 0.1) is 10.5 Å². The average molecular weight is 351 g/mol. The Labute approximate surface area is 128 Å². The van der Waals surface area contributed by atoms with Crippen LogP contribution in [0.25, 0.3) is 0 Å². The average Bonchev–Trinajstić information content (AvgIpc) is 2.47. The van der Waals surface area contributed by atoms with E-state index in [2.05, 4.69) is 26.2 Å². The van der Waals surface area contributed by atoms with Crippen molar-refractivity contribution in [1.29, 1.82) is 0 Å². The summed E-state index contributed by atoms with van der Waals surface area (Å²) in [5, 5.41) is 13.5. The van der Waals surface area contributed by atoms with Gasteiger partial charge in [0.25, 0.3) is 11.6 Å². The van der Waals surface area contributed by atoms with Crippen LogP contribution in [0.2, 0.25) is 0 Å². The van der Waals surface area contributed by atoms with Crippen molar-refractivity contribution < 1.29 is 9.72 Å². The summed E-state index contributed by atoms with van der Waals surface area (Å²) >= 11 is 3.20. The van der Waals surface area contributed by atoms with E-state index in [0.717, 1.165) is 0 Å². The zero-order valence-corrected chi connectivity index (χ0v) is 12.3. The number of nitrogens with one attached hydrogen (secondary N) is 1. The van der Waals surface area contributed by atoms with E-state index in [1.165, 1.54) is 18.3 Å². The molecule has 1 heterocycles. The Morgan fingerprint density at radius 2 is 2.14 bits per heavy atom. The lowest BCUT2D eigenvalue weighted by molar-refractivity contribution is -0.385. The highest BCUT2D eigenvalue weighted by Gasteiger charge is 2.15. The smallest absolute Gasteiger partial charge is 0.274 e. The van der Waals surface area contributed by atoms with Crippen LogP contribution >= 0.6 is 15.9 Å². The van der Waals surface area contributed by atoms with Gasteiger partial charge in [-0.25, -0.2) is 4.98 Å². The Morgan fingerprint density at radius 3 is 2.86 bits per heavy atom. The van der Waals surface area contributed by atoms with Gasteiger partial charge in [-0.05, 0) is 22.0 Å². The number of nitrogen functional groups attached to an aromatic ring is 1. The maximum atomic E-state index is 12.1. The quantitative estimate of drug-likeness (QED) is 0.648. The fourth-order valence-corrected chi connectivity index (χ4v) is 2.07. The number of carbonyl (C=O) groups is 1. The summed E-state index contributed by atoms with van der Waals surface area (Å²) < 4.78 is 0.618. The molecule has 0 spiro atoms. The number of nitrogens with two attached hydrogens (primary N) is 1. The summed E-state index contributed by atoms with van der Waals surface area (Å²) in [6.07, 6.45) is 1.48. The molecule has 0 saturated heterocycles. The van der Waals surface area contributed by atoms with E-state index < -0.39 is 10.8 Å². The number of nitro groups is 1. The molecule has 1 aromatic heterocycles. The lowest BCUT2D eigenvalue weighted by Crippen LogP contribution is -2.24. The summed E-state index contributed by atoms with van der Waals surface area (Å²) in [6, 6.07) is 7.75. The SMILES string of the molecule is Nc1ncc(Br)cc1C(=O)NCc1ccccc1[N+](=O)[O-]. The van der Waals surface area contributed by atoms with E-state index in [-0.39, 0.29) is 23.6 Å². The molecule has 1 amide bonds. The van der Waals surface area contributed by atoms with Crippen LogP contribution in [0, 0.1) is 10.1 Å². The minimum Gasteiger partial charge on any atom is -0.383 e. The molecule has 0 aliphatic rings. The van der Waals surface area contributed by atoms with Crippen LogP contribution in [-0.4, -0.2) is 15.8 Å². The molecule has 108 valence electrons. The van der Waals surface area contributed by atoms with Gasteiger partial charge in [-0.3, -0.25) is 14.9 Å². The number of nitrogens with zero attached hydrogens (tertiary/aromatic N) is 2. The minimum atomic E-state index is -0.490. The highest BCUT2D eigenvalue weighted by atomic mass is 79.9. The maximum Gasteiger partial charge on any atom is 0.274 e. The third-order valence-electron chi connectivity index (χ3n) is 2.76. The number of anilines is 1. The van der Waals surface area contributed by atoms with Crippen LogP contribution in [0.4, 0.5) is 11.5 Å². The van der Waals surface area contributed by atoms with E-state index in [9.17, 15) is 14.9 Å². The molecule has 2 aromatic rings. The molecule has 7 nitrogen and oxygen atoms in total. The molecule has 8 heteroatoms. The number of benzene rings is 1. The van der Waals surface area contributed by atoms with Crippen molar-refractivity contribution in [2.24, 2.45) is 0 Å². The number of aromatic nitrogens is 1. The van der Waals surface area contributed by atoms with Crippen molar-refractivity contribution in [2.45, 2.75) is 6.54 Å². The van der Waals surface area contributed by atoms with Crippen molar-refractivity contribution in [3.8, 4) is 0 Å². The van der Waals surface area contributed by atoms with Gasteiger partial charge < -0.3 is 11.1 Å². The summed E-state index contributed by atoms with van der Waals surface area (Å²) in [7, 11) is 0. The van der Waals surface area contributed by atoms with E-state index in [0.29, 0.717) is 10.0 Å². The highest BCUT2D eigenvalue weighted by Crippen LogP contribution is 2.18. The number of hydrogen-bond acceptors (Lipinski definition) is 5. The van der Waals surface area contributed by atoms with E-state index in [4.69, 9.17) is 5.73 Å². The number of hydrogen-bond donors (Lipinski definition) is 2. The highest BCUT2D eigenvalue weighted by molar-refractivity contribution is 9.10. The molecule has 0 aliphatic carbocycles. The summed E-state index contributed by atoms with van der Waals surface area (Å²) in [5.74, 6) is -0.349. The van der Waals surface area contributed by atoms with Crippen LogP contribution in [0.3, 0.4) is 0 Å². The molecule has 21 heavy (non-hydrogen) atoms. The van der Waals surface area contributed by atoms with Crippen LogP contribution in [0.5, 0.6) is 0 Å². The number of amides is 1. The zero-order valence-electron chi connectivity index (χ0n) is 10.7. The Kier molecular flexibility index (Phi) is 4.49. The Bertz CT molecular complexity index is 706. The first-order chi connectivity index (χ1) is 9.99. The Hall–Kier alpha value is -2.48. The molecule has 2 rings (SSSR count). The van der Waals surface area contributed by atoms with Gasteiger partial charge in [0.1, 0.15) is 5.82 Å². The molecule has 0 atom stereocenters. The molecule has 1 aromatic carbocycles. The van der Waals surface area contributed by atoms with Crippen LogP contribution in [0.15, 0.2) is 41.0 Å². The fraction of sp³-hybridized carbons (Fsp3) is 0.0769. The minimum absolute atomic E-state index is 0.0297. The molecule has 0 bridgehead atoms. The lowest BCUT2D eigenvalue weighted by atomic mass is 10.1. The van der Waals surface area contributed by atoms with Crippen molar-refractivity contribution >= 4 is 33.3 Å². The van der Waals surface area contributed by atoms with Crippen molar-refractivity contribution in [1.82, 2.24) is 10.3 Å². The van der Waals surface area contributed by atoms with E-state index in [1.807, 2.05) is 0 Å². The number of rotatable bonds is 4. The van der Waals surface area contributed by atoms with Crippen LogP contribution < -0.4 is 11.1 Å². The topological polar surface area (TPSA) is 111 Å². The van der Waals surface area contributed by atoms with Gasteiger partial charge in [0.2, 0.25) is 0 Å². The molecular weight excluding hydrogens is 340 g/mol. The molecule has 0 radical (unpaired) electrons. The molecule has 3 N–H and O–H groups in total. The van der Waals surface area contributed by atoms with Crippen molar-refractivity contribution in [3.63, 3.8) is 0 Å². The second kappa shape index (κ2) is 6.31. The second-order valence-corrected chi connectivity index (χ2v) is 5.07. The molecule has 0 saturated carbocycles. The number of nitro benzene ring substituents is 1. The first kappa shape index (κ1) is 14.9. The van der Waals surface area contributed by atoms with Crippen LogP contribution in [0.1, 0.15) is 15.9 Å². The number of pyridine rings is 1. The van der Waals surface area contributed by atoms with Gasteiger partial charge >= 0.3 is 0 Å². The first-order valence-corrected chi connectivity index (χ1v) is 6.70. The maximum absolute atomic E-state index is 12.1. The van der Waals surface area contributed by atoms with Gasteiger partial charge in [0, 0.05) is 28.8 Å². The Morgan fingerprint density at radius 1 is 1.43 bits per heavy atom. The largest absolute Gasteiger partial charge is 0.383 e. The van der Waals surface area contributed by atoms with Gasteiger partial charge in [0.15, 0.2) is 0 Å². The van der Waals surface area contributed by atoms with Crippen LogP contribution in [-0.2, 0) is 6.54 Å². The van der Waals surface area contributed by atoms with Crippen molar-refractivity contribution in [2.75, 3.05) is 5.73 Å². The van der Waals surface area contributed by atoms with E-state index in [1.54, 1.807) is 18.2 Å². The molecule has 0 fully saturated rings. The van der Waals surface area contributed by atoms with Gasteiger partial charge in [-0.15, -0.1) is 0 Å². The standard InChI is InChI=1S/C13H11BrN4O3/c14-9-5-10(12(15)16-7-9)13(19)17-6-8-3-1-2-4-11(8)18(20)21/h1-5,7H,6H2,(H2,15,16)(H,17,19). The third kappa shape index (κ3) is 3.54. The number of carbonyl (C=O) groups excluding carboxylic acids is 1. The van der Waals surface area contributed by atoms with E-state index >= 15 is 0 Å². The predicted molar refractivity (Wildman–Crippen MR) is 80.6 cm³/mol. The van der Waals surface area contributed by atoms with Crippen molar-refractivity contribution in [3.05, 3.63) is 62.2 Å². The summed E-state index contributed by atoms with van der Waals surface area (Å²) in [5.41, 5.74) is 6.22. The molecule has 0 aliphatic heterocycles. The predicted octanol–water partition coefficient (Wildman–Crippen LogP) is 2.26. The number of para-hydroxylation sites is 1. The fourth-order valence-electron chi connectivity index (χ4n) is 1.74. The molecular formula is C13H11BrN4O3. The zero-order chi connectivity index (χ0) is 15.4. The van der Waals surface area contributed by atoms with Gasteiger partial charge in [-0.1, -0.05) is 18.2 Å². The molecule has 0 unspecified atom stereocenters. The summed E-state index contributed by atoms with van der Waals surface area (Å²) in [6.45, 7) is 0.0297. The Balaban J connectivity index is 2.15. The van der Waals surface area contributed by atoms with Gasteiger partial charge in [-0.2, -0.15) is 0 Å². The normalized spacial score (nSPS) is 10.1. The first-order valence-electron chi connectivity index (χ1n) is 5.90. The third-order valence-corrected chi connectivity index (χ3v) is 3.19.